The van der Waals surface area contributed by atoms with Gasteiger partial charge in [-0.25, -0.2) is 14.3 Å². The van der Waals surface area contributed by atoms with E-state index in [1.54, 1.807) is 0 Å². The molecule has 0 aliphatic rings. The zero-order chi connectivity index (χ0) is 17.0. The van der Waals surface area contributed by atoms with E-state index in [4.69, 9.17) is 4.74 Å². The molecule has 0 atom stereocenters. The molecule has 0 fully saturated rings. The molecule has 2 N–H and O–H groups in total. The van der Waals surface area contributed by atoms with Crippen molar-refractivity contribution in [3.63, 3.8) is 0 Å². The van der Waals surface area contributed by atoms with Gasteiger partial charge in [-0.05, 0) is 26.3 Å². The van der Waals surface area contributed by atoms with Gasteiger partial charge in [-0.1, -0.05) is 30.3 Å². The molecular weight excluding hydrogens is 298 g/mol. The highest BCUT2D eigenvalue weighted by molar-refractivity contribution is 5.97. The molecule has 2 aromatic rings. The molecule has 0 bridgehead atoms. The Hall–Kier alpha value is -2.83. The van der Waals surface area contributed by atoms with E-state index in [1.165, 1.54) is 10.9 Å². The van der Waals surface area contributed by atoms with Crippen LogP contribution in [0.5, 0.6) is 0 Å². The van der Waals surface area contributed by atoms with Gasteiger partial charge < -0.3 is 9.84 Å². The normalized spacial score (nSPS) is 11.1. The summed E-state index contributed by atoms with van der Waals surface area (Å²) < 4.78 is 6.56. The average Bonchev–Trinajstić information content (AvgIpc) is 2.90. The molecule has 1 heterocycles. The Morgan fingerprint density at radius 3 is 2.48 bits per heavy atom. The van der Waals surface area contributed by atoms with Crippen LogP contribution in [-0.2, 0) is 16.9 Å². The molecule has 0 saturated heterocycles. The lowest BCUT2D eigenvalue weighted by atomic mass is 10.1. The molecule has 2 rings (SSSR count). The van der Waals surface area contributed by atoms with E-state index in [0.29, 0.717) is 0 Å². The van der Waals surface area contributed by atoms with E-state index in [1.807, 2.05) is 51.1 Å². The number of nitrogens with one attached hydrogen (secondary N) is 1. The first-order valence-corrected chi connectivity index (χ1v) is 7.08. The topological polar surface area (TPSA) is 93.5 Å². The van der Waals surface area contributed by atoms with Crippen LogP contribution in [0.25, 0.3) is 0 Å². The van der Waals surface area contributed by atoms with Gasteiger partial charge in [0, 0.05) is 0 Å². The molecule has 0 spiro atoms. The summed E-state index contributed by atoms with van der Waals surface area (Å²) in [5, 5.41) is 15.7. The first-order chi connectivity index (χ1) is 10.8. The Balaban J connectivity index is 2.13. The molecule has 7 nitrogen and oxygen atoms in total. The van der Waals surface area contributed by atoms with Crippen molar-refractivity contribution in [2.24, 2.45) is 0 Å². The van der Waals surface area contributed by atoms with Crippen molar-refractivity contribution in [1.82, 2.24) is 9.78 Å². The van der Waals surface area contributed by atoms with Crippen molar-refractivity contribution < 1.29 is 19.4 Å². The van der Waals surface area contributed by atoms with E-state index >= 15 is 0 Å². The fourth-order valence-corrected chi connectivity index (χ4v) is 1.99. The second-order valence-corrected chi connectivity index (χ2v) is 5.98. The highest BCUT2D eigenvalue weighted by atomic mass is 16.5. The van der Waals surface area contributed by atoms with Gasteiger partial charge in [0.15, 0.2) is 0 Å². The third kappa shape index (κ3) is 4.09. The van der Waals surface area contributed by atoms with Crippen LogP contribution >= 0.6 is 0 Å². The number of ether oxygens (including phenoxy) is 1. The van der Waals surface area contributed by atoms with Gasteiger partial charge in [-0.15, -0.1) is 0 Å². The molecular formula is C16H19N3O4. The summed E-state index contributed by atoms with van der Waals surface area (Å²) in [7, 11) is 0. The van der Waals surface area contributed by atoms with Gasteiger partial charge in [0.05, 0.1) is 11.7 Å². The smallest absolute Gasteiger partial charge is 0.413 e. The molecule has 0 saturated carbocycles. The molecule has 1 aromatic heterocycles. The van der Waals surface area contributed by atoms with Crippen LogP contribution in [0.15, 0.2) is 36.5 Å². The SMILES string of the molecule is CC(C)(C)n1ncc(C(=O)O)c1NC(=O)OCc1ccccc1. The van der Waals surface area contributed by atoms with Crippen LogP contribution in [0.2, 0.25) is 0 Å². The Labute approximate surface area is 133 Å². The standard InChI is InChI=1S/C16H19N3O4/c1-16(2,3)19-13(12(9-17-19)14(20)21)18-15(22)23-10-11-7-5-4-6-8-11/h4-9H,10H2,1-3H3,(H,18,22)(H,20,21). The lowest BCUT2D eigenvalue weighted by Gasteiger charge is -2.22. The van der Waals surface area contributed by atoms with Crippen LogP contribution < -0.4 is 5.32 Å². The summed E-state index contributed by atoms with van der Waals surface area (Å²) in [6, 6.07) is 9.21. The molecule has 122 valence electrons. The van der Waals surface area contributed by atoms with Crippen LogP contribution in [0.1, 0.15) is 36.7 Å². The minimum absolute atomic E-state index is 0.0865. The maximum absolute atomic E-state index is 12.0. The largest absolute Gasteiger partial charge is 0.477 e. The van der Waals surface area contributed by atoms with Crippen molar-refractivity contribution in [1.29, 1.82) is 0 Å². The number of nitrogens with zero attached hydrogens (tertiary/aromatic N) is 2. The van der Waals surface area contributed by atoms with E-state index in [0.717, 1.165) is 5.56 Å². The van der Waals surface area contributed by atoms with Crippen molar-refractivity contribution in [3.05, 3.63) is 47.7 Å². The fraction of sp³-hybridized carbons (Fsp3) is 0.312. The number of amides is 1. The highest BCUT2D eigenvalue weighted by Crippen LogP contribution is 2.24. The predicted molar refractivity (Wildman–Crippen MR) is 84.4 cm³/mol. The second-order valence-electron chi connectivity index (χ2n) is 5.98. The number of aromatic nitrogens is 2. The zero-order valence-electron chi connectivity index (χ0n) is 13.2. The number of hydrogen-bond acceptors (Lipinski definition) is 4. The van der Waals surface area contributed by atoms with Gasteiger partial charge >= 0.3 is 12.1 Å². The van der Waals surface area contributed by atoms with Crippen LogP contribution in [0.4, 0.5) is 10.6 Å². The number of rotatable bonds is 4. The average molecular weight is 317 g/mol. The lowest BCUT2D eigenvalue weighted by molar-refractivity contribution is 0.0698. The van der Waals surface area contributed by atoms with Gasteiger partial charge in [0.25, 0.3) is 0 Å². The Bertz CT molecular complexity index is 702. The fourth-order valence-electron chi connectivity index (χ4n) is 1.99. The second kappa shape index (κ2) is 6.51. The maximum atomic E-state index is 12.0. The van der Waals surface area contributed by atoms with Gasteiger partial charge in [-0.3, -0.25) is 5.32 Å². The van der Waals surface area contributed by atoms with Crippen molar-refractivity contribution >= 4 is 17.9 Å². The quantitative estimate of drug-likeness (QED) is 0.904. The Morgan fingerprint density at radius 1 is 1.26 bits per heavy atom. The Kier molecular flexibility index (Phi) is 4.68. The van der Waals surface area contributed by atoms with Crippen molar-refractivity contribution in [2.45, 2.75) is 32.9 Å². The van der Waals surface area contributed by atoms with Crippen LogP contribution in [0, 0.1) is 0 Å². The number of carbonyl (C=O) groups excluding carboxylic acids is 1. The first-order valence-electron chi connectivity index (χ1n) is 7.08. The molecule has 23 heavy (non-hydrogen) atoms. The summed E-state index contributed by atoms with van der Waals surface area (Å²) in [5.74, 6) is -1.07. The number of carboxylic acid groups (broad SMARTS) is 1. The third-order valence-electron chi connectivity index (χ3n) is 3.07. The zero-order valence-corrected chi connectivity index (χ0v) is 13.2. The van der Waals surface area contributed by atoms with E-state index in [2.05, 4.69) is 10.4 Å². The van der Waals surface area contributed by atoms with Crippen molar-refractivity contribution in [2.75, 3.05) is 5.32 Å². The monoisotopic (exact) mass is 317 g/mol. The van der Waals surface area contributed by atoms with Gasteiger partial charge in [-0.2, -0.15) is 5.10 Å². The van der Waals surface area contributed by atoms with Gasteiger partial charge in [0.1, 0.15) is 18.0 Å². The number of carboxylic acids is 1. The maximum Gasteiger partial charge on any atom is 0.413 e. The highest BCUT2D eigenvalue weighted by Gasteiger charge is 2.25. The summed E-state index contributed by atoms with van der Waals surface area (Å²) in [6.07, 6.45) is 0.475. The van der Waals surface area contributed by atoms with Crippen LogP contribution in [0.3, 0.4) is 0 Å². The lowest BCUT2D eigenvalue weighted by Crippen LogP contribution is -2.27. The summed E-state index contributed by atoms with van der Waals surface area (Å²) >= 11 is 0. The minimum atomic E-state index is -1.17. The molecule has 0 radical (unpaired) electrons. The summed E-state index contributed by atoms with van der Waals surface area (Å²) in [5.41, 5.74) is 0.262. The van der Waals surface area contributed by atoms with Crippen LogP contribution in [-0.4, -0.2) is 26.9 Å². The van der Waals surface area contributed by atoms with E-state index in [9.17, 15) is 14.7 Å². The molecule has 0 unspecified atom stereocenters. The predicted octanol–water partition coefficient (Wildman–Crippen LogP) is 3.09. The molecule has 7 heteroatoms. The van der Waals surface area contributed by atoms with E-state index in [-0.39, 0.29) is 18.0 Å². The summed E-state index contributed by atoms with van der Waals surface area (Å²) in [4.78, 5) is 23.2. The molecule has 1 amide bonds. The first kappa shape index (κ1) is 16.5. The third-order valence-corrected chi connectivity index (χ3v) is 3.07. The molecule has 1 aromatic carbocycles. The molecule has 0 aliphatic carbocycles. The minimum Gasteiger partial charge on any atom is -0.477 e. The van der Waals surface area contributed by atoms with Gasteiger partial charge in [0.2, 0.25) is 0 Å². The number of hydrogen-bond donors (Lipinski definition) is 2. The molecule has 0 aliphatic heterocycles. The number of anilines is 1. The number of aromatic carboxylic acids is 1. The number of benzene rings is 1. The summed E-state index contributed by atoms with van der Waals surface area (Å²) in [6.45, 7) is 5.66. The van der Waals surface area contributed by atoms with E-state index < -0.39 is 17.6 Å². The number of carbonyl (C=O) groups is 2. The Morgan fingerprint density at radius 2 is 1.91 bits per heavy atom. The van der Waals surface area contributed by atoms with Crippen molar-refractivity contribution in [3.8, 4) is 0 Å².